The molecule has 0 aliphatic rings. The summed E-state index contributed by atoms with van der Waals surface area (Å²) in [6, 6.07) is 15.4. The van der Waals surface area contributed by atoms with Crippen LogP contribution in [-0.2, 0) is 32.5 Å². The zero-order valence-electron chi connectivity index (χ0n) is 17.1. The summed E-state index contributed by atoms with van der Waals surface area (Å²) in [6.07, 6.45) is 3.17. The Balaban J connectivity index is 1.48. The summed E-state index contributed by atoms with van der Waals surface area (Å²) in [6.45, 7) is 2.21. The molecule has 0 radical (unpaired) electrons. The summed E-state index contributed by atoms with van der Waals surface area (Å²) in [5, 5.41) is 9.49. The maximum Gasteiger partial charge on any atom is 0.246 e. The molecule has 162 valence electrons. The molecule has 8 nitrogen and oxygen atoms in total. The van der Waals surface area contributed by atoms with Gasteiger partial charge in [0.15, 0.2) is 9.84 Å². The van der Waals surface area contributed by atoms with Crippen LogP contribution in [0.3, 0.4) is 0 Å². The van der Waals surface area contributed by atoms with Gasteiger partial charge in [0, 0.05) is 31.0 Å². The first-order valence-corrected chi connectivity index (χ1v) is 11.4. The fraction of sp³-hybridized carbons (Fsp3) is 0.227. The molecule has 2 N–H and O–H groups in total. The van der Waals surface area contributed by atoms with Crippen LogP contribution in [0.25, 0.3) is 0 Å². The SMILES string of the molecule is Cc1ccc(S(=O)(=O)CCC(=O)NCc2cccc(NC(=O)Cn3cccn3)c2)cc1. The lowest BCUT2D eigenvalue weighted by molar-refractivity contribution is -0.121. The van der Waals surface area contributed by atoms with Crippen LogP contribution in [0.15, 0.2) is 71.9 Å². The highest BCUT2D eigenvalue weighted by Gasteiger charge is 2.16. The Hall–Kier alpha value is -3.46. The van der Waals surface area contributed by atoms with E-state index in [-0.39, 0.29) is 42.0 Å². The predicted octanol–water partition coefficient (Wildman–Crippen LogP) is 2.31. The van der Waals surface area contributed by atoms with E-state index in [1.54, 1.807) is 60.9 Å². The van der Waals surface area contributed by atoms with Crippen LogP contribution in [0, 0.1) is 6.92 Å². The fourth-order valence-corrected chi connectivity index (χ4v) is 4.12. The van der Waals surface area contributed by atoms with Gasteiger partial charge in [0.2, 0.25) is 11.8 Å². The van der Waals surface area contributed by atoms with Crippen LogP contribution in [-0.4, -0.2) is 35.8 Å². The van der Waals surface area contributed by atoms with Crippen LogP contribution in [0.5, 0.6) is 0 Å². The number of sulfone groups is 1. The molecule has 1 aromatic heterocycles. The van der Waals surface area contributed by atoms with E-state index in [9.17, 15) is 18.0 Å². The van der Waals surface area contributed by atoms with Gasteiger partial charge in [0.05, 0.1) is 10.6 Å². The third kappa shape index (κ3) is 6.78. The van der Waals surface area contributed by atoms with Crippen LogP contribution in [0.4, 0.5) is 5.69 Å². The number of aryl methyl sites for hydroxylation is 1. The molecule has 0 fully saturated rings. The highest BCUT2D eigenvalue weighted by Crippen LogP contribution is 2.14. The van der Waals surface area contributed by atoms with Gasteiger partial charge >= 0.3 is 0 Å². The zero-order chi connectivity index (χ0) is 22.3. The number of carbonyl (C=O) groups excluding carboxylic acids is 2. The molecule has 3 rings (SSSR count). The number of rotatable bonds is 9. The van der Waals surface area contributed by atoms with E-state index in [0.717, 1.165) is 11.1 Å². The third-order valence-electron chi connectivity index (χ3n) is 4.54. The molecule has 1 heterocycles. The van der Waals surface area contributed by atoms with Crippen LogP contribution in [0.2, 0.25) is 0 Å². The Morgan fingerprint density at radius 1 is 1.03 bits per heavy atom. The second-order valence-electron chi connectivity index (χ2n) is 7.11. The number of hydrogen-bond donors (Lipinski definition) is 2. The molecule has 3 aromatic rings. The number of benzene rings is 2. The molecule has 2 aromatic carbocycles. The Morgan fingerprint density at radius 3 is 2.52 bits per heavy atom. The maximum atomic E-state index is 12.4. The molecule has 2 amide bonds. The van der Waals surface area contributed by atoms with Crippen LogP contribution in [0.1, 0.15) is 17.5 Å². The van der Waals surface area contributed by atoms with Crippen molar-refractivity contribution in [3.63, 3.8) is 0 Å². The van der Waals surface area contributed by atoms with E-state index >= 15 is 0 Å². The van der Waals surface area contributed by atoms with Crippen molar-refractivity contribution < 1.29 is 18.0 Å². The Morgan fingerprint density at radius 2 is 1.81 bits per heavy atom. The van der Waals surface area contributed by atoms with Crippen molar-refractivity contribution >= 4 is 27.3 Å². The van der Waals surface area contributed by atoms with Crippen molar-refractivity contribution in [2.45, 2.75) is 31.3 Å². The predicted molar refractivity (Wildman–Crippen MR) is 117 cm³/mol. The molecule has 0 atom stereocenters. The second-order valence-corrected chi connectivity index (χ2v) is 9.22. The number of hydrogen-bond acceptors (Lipinski definition) is 5. The molecule has 0 saturated heterocycles. The Kier molecular flexibility index (Phi) is 7.19. The van der Waals surface area contributed by atoms with Crippen molar-refractivity contribution in [3.8, 4) is 0 Å². The normalized spacial score (nSPS) is 11.1. The van der Waals surface area contributed by atoms with Gasteiger partial charge in [-0.25, -0.2) is 8.42 Å². The lowest BCUT2D eigenvalue weighted by Crippen LogP contribution is -2.25. The van der Waals surface area contributed by atoms with Crippen molar-refractivity contribution in [3.05, 3.63) is 78.1 Å². The summed E-state index contributed by atoms with van der Waals surface area (Å²) < 4.78 is 26.2. The lowest BCUT2D eigenvalue weighted by atomic mass is 10.2. The fourth-order valence-electron chi connectivity index (χ4n) is 2.88. The number of aromatic nitrogens is 2. The van der Waals surface area contributed by atoms with Gasteiger partial charge in [-0.15, -0.1) is 0 Å². The van der Waals surface area contributed by atoms with E-state index in [1.807, 2.05) is 13.0 Å². The van der Waals surface area contributed by atoms with Gasteiger partial charge in [0.1, 0.15) is 6.54 Å². The first-order chi connectivity index (χ1) is 14.8. The third-order valence-corrected chi connectivity index (χ3v) is 6.28. The molecule has 31 heavy (non-hydrogen) atoms. The molecule has 9 heteroatoms. The summed E-state index contributed by atoms with van der Waals surface area (Å²) >= 11 is 0. The van der Waals surface area contributed by atoms with Crippen LogP contribution < -0.4 is 10.6 Å². The molecule has 0 aliphatic carbocycles. The Labute approximate surface area is 181 Å². The first-order valence-electron chi connectivity index (χ1n) is 9.74. The quantitative estimate of drug-likeness (QED) is 0.531. The largest absolute Gasteiger partial charge is 0.352 e. The monoisotopic (exact) mass is 440 g/mol. The number of carbonyl (C=O) groups is 2. The molecular formula is C22H24N4O4S. The summed E-state index contributed by atoms with van der Waals surface area (Å²) in [5.74, 6) is -0.833. The standard InChI is InChI=1S/C22H24N4O4S/c1-17-6-8-20(9-7-17)31(29,30)13-10-21(27)23-15-18-4-2-5-19(14-18)25-22(28)16-26-12-3-11-24-26/h2-9,11-12,14H,10,13,15-16H2,1H3,(H,23,27)(H,25,28). The highest BCUT2D eigenvalue weighted by molar-refractivity contribution is 7.91. The zero-order valence-corrected chi connectivity index (χ0v) is 17.9. The van der Waals surface area contributed by atoms with E-state index < -0.39 is 9.84 Å². The minimum Gasteiger partial charge on any atom is -0.352 e. The molecule has 0 bridgehead atoms. The summed E-state index contributed by atoms with van der Waals surface area (Å²) in [7, 11) is -3.51. The first kappa shape index (κ1) is 22.2. The average molecular weight is 441 g/mol. The topological polar surface area (TPSA) is 110 Å². The lowest BCUT2D eigenvalue weighted by Gasteiger charge is -2.09. The average Bonchev–Trinajstić information content (AvgIpc) is 3.24. The molecule has 0 spiro atoms. The number of anilines is 1. The second kappa shape index (κ2) is 10.0. The molecule has 0 aliphatic heterocycles. The van der Waals surface area contributed by atoms with Crippen molar-refractivity contribution in [1.29, 1.82) is 0 Å². The highest BCUT2D eigenvalue weighted by atomic mass is 32.2. The summed E-state index contributed by atoms with van der Waals surface area (Å²) in [4.78, 5) is 24.4. The van der Waals surface area contributed by atoms with Gasteiger partial charge in [-0.1, -0.05) is 29.8 Å². The van der Waals surface area contributed by atoms with E-state index in [2.05, 4.69) is 15.7 Å². The molecule has 0 unspecified atom stereocenters. The number of nitrogens with zero attached hydrogens (tertiary/aromatic N) is 2. The van der Waals surface area contributed by atoms with E-state index in [1.165, 1.54) is 4.68 Å². The van der Waals surface area contributed by atoms with Crippen molar-refractivity contribution in [2.75, 3.05) is 11.1 Å². The van der Waals surface area contributed by atoms with E-state index in [0.29, 0.717) is 5.69 Å². The molecule has 0 saturated carbocycles. The van der Waals surface area contributed by atoms with Gasteiger partial charge in [-0.2, -0.15) is 5.10 Å². The van der Waals surface area contributed by atoms with Gasteiger partial charge in [0.25, 0.3) is 0 Å². The number of nitrogens with one attached hydrogen (secondary N) is 2. The minimum absolute atomic E-state index is 0.101. The smallest absolute Gasteiger partial charge is 0.246 e. The minimum atomic E-state index is -3.51. The van der Waals surface area contributed by atoms with Crippen LogP contribution >= 0.6 is 0 Å². The van der Waals surface area contributed by atoms with Crippen molar-refractivity contribution in [1.82, 2.24) is 15.1 Å². The molecular weight excluding hydrogens is 416 g/mol. The van der Waals surface area contributed by atoms with Gasteiger partial charge in [-0.05, 0) is 42.8 Å². The summed E-state index contributed by atoms with van der Waals surface area (Å²) in [5.41, 5.74) is 2.36. The Bertz CT molecular complexity index is 1140. The maximum absolute atomic E-state index is 12.4. The van der Waals surface area contributed by atoms with Crippen molar-refractivity contribution in [2.24, 2.45) is 0 Å². The van der Waals surface area contributed by atoms with Gasteiger partial charge in [-0.3, -0.25) is 14.3 Å². The van der Waals surface area contributed by atoms with Gasteiger partial charge < -0.3 is 10.6 Å². The van der Waals surface area contributed by atoms with E-state index in [4.69, 9.17) is 0 Å². The number of amides is 2.